The summed E-state index contributed by atoms with van der Waals surface area (Å²) in [6, 6.07) is 3.65. The van der Waals surface area contributed by atoms with Crippen molar-refractivity contribution in [1.29, 1.82) is 0 Å². The maximum atomic E-state index is 16.1. The van der Waals surface area contributed by atoms with Gasteiger partial charge in [-0.3, -0.25) is 14.9 Å². The lowest BCUT2D eigenvalue weighted by atomic mass is 9.95. The van der Waals surface area contributed by atoms with Gasteiger partial charge in [0.15, 0.2) is 17.1 Å². The number of nitrogens with one attached hydrogen (secondary N) is 3. The van der Waals surface area contributed by atoms with Crippen LogP contribution in [0.4, 0.5) is 15.8 Å². The highest BCUT2D eigenvalue weighted by Gasteiger charge is 2.24. The van der Waals surface area contributed by atoms with E-state index in [0.717, 1.165) is 37.1 Å². The molecule has 5 aromatic rings. The molecule has 1 aliphatic rings. The van der Waals surface area contributed by atoms with Crippen LogP contribution < -0.4 is 10.2 Å². The van der Waals surface area contributed by atoms with Crippen LogP contribution >= 0.6 is 0 Å². The number of aromatic amines is 2. The number of imidazole rings is 1. The number of hydrogen-bond acceptors (Lipinski definition) is 7. The molecule has 6 heterocycles. The molecular formula is C27H28FN9O. The van der Waals surface area contributed by atoms with Crippen LogP contribution in [0.2, 0.25) is 0 Å². The Kier molecular flexibility index (Phi) is 5.77. The van der Waals surface area contributed by atoms with E-state index >= 15 is 4.39 Å². The molecule has 0 spiro atoms. The summed E-state index contributed by atoms with van der Waals surface area (Å²) in [5.74, 6) is -0.264. The van der Waals surface area contributed by atoms with Gasteiger partial charge in [-0.2, -0.15) is 5.10 Å². The minimum absolute atomic E-state index is 0.162. The van der Waals surface area contributed by atoms with E-state index in [1.165, 1.54) is 25.0 Å². The second kappa shape index (κ2) is 9.16. The minimum Gasteiger partial charge on any atom is -0.370 e. The molecule has 0 unspecified atom stereocenters. The monoisotopic (exact) mass is 513 g/mol. The molecule has 38 heavy (non-hydrogen) atoms. The van der Waals surface area contributed by atoms with Crippen LogP contribution in [-0.4, -0.2) is 54.1 Å². The smallest absolute Gasteiger partial charge is 0.229 e. The van der Waals surface area contributed by atoms with E-state index in [9.17, 15) is 4.79 Å². The molecule has 194 valence electrons. The molecule has 1 amide bonds. The molecule has 0 radical (unpaired) electrons. The van der Waals surface area contributed by atoms with Crippen molar-refractivity contribution in [3.8, 4) is 22.6 Å². The van der Waals surface area contributed by atoms with E-state index in [-0.39, 0.29) is 16.9 Å². The van der Waals surface area contributed by atoms with E-state index in [1.54, 1.807) is 12.3 Å². The standard InChI is InChI=1S/C27H28FN9O/c1-27(2,3)26(38)32-16-11-15(12-29-13-16)17-14-31-23-19(20(17)28)22(35-36-23)25-33-21-18(7-8-30-24(21)34-25)37-9-5-4-6-10-37/h7-8,11-14H,4-6,9-10H2,1-3H3,(H,32,38)(H,30,33,34)(H,31,35,36). The van der Waals surface area contributed by atoms with Crippen LogP contribution in [0.15, 0.2) is 36.9 Å². The second-order valence-electron chi connectivity index (χ2n) is 10.6. The molecule has 0 aliphatic carbocycles. The molecule has 0 saturated carbocycles. The summed E-state index contributed by atoms with van der Waals surface area (Å²) in [6.07, 6.45) is 9.76. The van der Waals surface area contributed by atoms with Gasteiger partial charge in [-0.25, -0.2) is 19.3 Å². The van der Waals surface area contributed by atoms with Crippen LogP contribution in [-0.2, 0) is 4.79 Å². The number of carbonyl (C=O) groups is 1. The number of hydrogen-bond donors (Lipinski definition) is 3. The highest BCUT2D eigenvalue weighted by atomic mass is 19.1. The Morgan fingerprint density at radius 1 is 1.08 bits per heavy atom. The number of anilines is 2. The lowest BCUT2D eigenvalue weighted by Crippen LogP contribution is -2.29. The number of amides is 1. The molecule has 0 atom stereocenters. The van der Waals surface area contributed by atoms with Gasteiger partial charge in [-0.15, -0.1) is 0 Å². The first-order valence-electron chi connectivity index (χ1n) is 12.7. The fraction of sp³-hybridized carbons (Fsp3) is 0.333. The summed E-state index contributed by atoms with van der Waals surface area (Å²) in [4.78, 5) is 35.8. The van der Waals surface area contributed by atoms with Crippen molar-refractivity contribution in [2.24, 2.45) is 5.41 Å². The van der Waals surface area contributed by atoms with E-state index < -0.39 is 11.2 Å². The van der Waals surface area contributed by atoms with Gasteiger partial charge in [0.25, 0.3) is 0 Å². The number of H-pyrrole nitrogens is 2. The lowest BCUT2D eigenvalue weighted by molar-refractivity contribution is -0.123. The van der Waals surface area contributed by atoms with Gasteiger partial charge in [0.05, 0.1) is 23.0 Å². The number of fused-ring (bicyclic) bond motifs is 2. The quantitative estimate of drug-likeness (QED) is 0.306. The van der Waals surface area contributed by atoms with Crippen molar-refractivity contribution >= 4 is 39.5 Å². The van der Waals surface area contributed by atoms with Crippen molar-refractivity contribution in [3.63, 3.8) is 0 Å². The van der Waals surface area contributed by atoms with Gasteiger partial charge >= 0.3 is 0 Å². The molecule has 0 bridgehead atoms. The maximum absolute atomic E-state index is 16.1. The Bertz CT molecular complexity index is 1660. The number of aromatic nitrogens is 7. The summed E-state index contributed by atoms with van der Waals surface area (Å²) < 4.78 is 16.1. The van der Waals surface area contributed by atoms with Gasteiger partial charge in [0.2, 0.25) is 5.91 Å². The summed E-state index contributed by atoms with van der Waals surface area (Å²) in [5, 5.41) is 10.2. The second-order valence-corrected chi connectivity index (χ2v) is 10.6. The topological polar surface area (TPSA) is 128 Å². The molecule has 1 fully saturated rings. The highest BCUT2D eigenvalue weighted by molar-refractivity contribution is 5.97. The minimum atomic E-state index is -0.581. The van der Waals surface area contributed by atoms with E-state index in [2.05, 4.69) is 40.3 Å². The van der Waals surface area contributed by atoms with Crippen LogP contribution in [0.5, 0.6) is 0 Å². The molecule has 6 rings (SSSR count). The van der Waals surface area contributed by atoms with Crippen LogP contribution in [0.25, 0.3) is 44.8 Å². The van der Waals surface area contributed by atoms with Crippen molar-refractivity contribution in [2.45, 2.75) is 40.0 Å². The maximum Gasteiger partial charge on any atom is 0.229 e. The molecule has 10 nitrogen and oxygen atoms in total. The number of carbonyl (C=O) groups excluding carboxylic acids is 1. The van der Waals surface area contributed by atoms with Gasteiger partial charge in [-0.05, 0) is 31.4 Å². The SMILES string of the molecule is CC(C)(C)C(=O)Nc1cncc(-c2cnc3[nH]nc(-c4nc5c(N6CCCCC6)ccnc5[nH]4)c3c2F)c1. The first-order valence-corrected chi connectivity index (χ1v) is 12.7. The Morgan fingerprint density at radius 3 is 2.68 bits per heavy atom. The van der Waals surface area contributed by atoms with E-state index in [0.29, 0.717) is 34.1 Å². The lowest BCUT2D eigenvalue weighted by Gasteiger charge is -2.28. The first-order chi connectivity index (χ1) is 18.3. The predicted octanol–water partition coefficient (Wildman–Crippen LogP) is 5.07. The van der Waals surface area contributed by atoms with Gasteiger partial charge in [0, 0.05) is 48.2 Å². The zero-order valence-electron chi connectivity index (χ0n) is 21.5. The summed E-state index contributed by atoms with van der Waals surface area (Å²) in [7, 11) is 0. The zero-order chi connectivity index (χ0) is 26.4. The van der Waals surface area contributed by atoms with E-state index in [1.807, 2.05) is 26.8 Å². The number of rotatable bonds is 4. The fourth-order valence-electron chi connectivity index (χ4n) is 4.70. The largest absolute Gasteiger partial charge is 0.370 e. The third-order valence-electron chi connectivity index (χ3n) is 6.80. The first kappa shape index (κ1) is 24.0. The van der Waals surface area contributed by atoms with Gasteiger partial charge in [0.1, 0.15) is 17.0 Å². The van der Waals surface area contributed by atoms with Crippen molar-refractivity contribution in [2.75, 3.05) is 23.3 Å². The van der Waals surface area contributed by atoms with Gasteiger partial charge in [-0.1, -0.05) is 20.8 Å². The third kappa shape index (κ3) is 4.23. The van der Waals surface area contributed by atoms with Crippen molar-refractivity contribution in [3.05, 3.63) is 42.7 Å². The Labute approximate surface area is 218 Å². The Balaban J connectivity index is 1.41. The number of piperidine rings is 1. The van der Waals surface area contributed by atoms with Crippen molar-refractivity contribution in [1.82, 2.24) is 35.1 Å². The third-order valence-corrected chi connectivity index (χ3v) is 6.80. The van der Waals surface area contributed by atoms with Crippen LogP contribution in [0, 0.1) is 11.2 Å². The predicted molar refractivity (Wildman–Crippen MR) is 144 cm³/mol. The normalized spacial score (nSPS) is 14.4. The number of halogens is 1. The molecule has 1 saturated heterocycles. The van der Waals surface area contributed by atoms with Gasteiger partial charge < -0.3 is 15.2 Å². The Morgan fingerprint density at radius 2 is 1.89 bits per heavy atom. The van der Waals surface area contributed by atoms with E-state index in [4.69, 9.17) is 4.98 Å². The number of nitrogens with zero attached hydrogens (tertiary/aromatic N) is 6. The summed E-state index contributed by atoms with van der Waals surface area (Å²) >= 11 is 0. The van der Waals surface area contributed by atoms with Crippen LogP contribution in [0.1, 0.15) is 40.0 Å². The molecule has 1 aliphatic heterocycles. The summed E-state index contributed by atoms with van der Waals surface area (Å²) in [5.41, 5.74) is 3.60. The molecular weight excluding hydrogens is 485 g/mol. The fourth-order valence-corrected chi connectivity index (χ4v) is 4.70. The Hall–Kier alpha value is -4.41. The molecule has 5 aromatic heterocycles. The van der Waals surface area contributed by atoms with Crippen LogP contribution in [0.3, 0.4) is 0 Å². The summed E-state index contributed by atoms with van der Waals surface area (Å²) in [6.45, 7) is 7.40. The van der Waals surface area contributed by atoms with Crippen molar-refractivity contribution < 1.29 is 9.18 Å². The molecule has 3 N–H and O–H groups in total. The average Bonchev–Trinajstić information content (AvgIpc) is 3.54. The number of pyridine rings is 3. The zero-order valence-corrected chi connectivity index (χ0v) is 21.5. The molecule has 0 aromatic carbocycles. The molecule has 11 heteroatoms. The average molecular weight is 514 g/mol. The highest BCUT2D eigenvalue weighted by Crippen LogP contribution is 2.34.